The highest BCUT2D eigenvalue weighted by Gasteiger charge is 2.49. The van der Waals surface area contributed by atoms with Gasteiger partial charge in [0.1, 0.15) is 0 Å². The molecule has 1 aromatic heterocycles. The van der Waals surface area contributed by atoms with Crippen LogP contribution in [0.4, 0.5) is 0 Å². The van der Waals surface area contributed by atoms with Gasteiger partial charge < -0.3 is 4.74 Å². The molecule has 4 heteroatoms. The first-order valence-corrected chi connectivity index (χ1v) is 11.7. The number of thiophene rings is 1. The van der Waals surface area contributed by atoms with E-state index in [0.29, 0.717) is 19.7 Å². The topological polar surface area (TPSA) is 29.5 Å². The molecular formula is C28H27NO2S. The van der Waals surface area contributed by atoms with Crippen molar-refractivity contribution in [3.8, 4) is 0 Å². The molecular weight excluding hydrogens is 414 g/mol. The highest BCUT2D eigenvalue weighted by Crippen LogP contribution is 2.42. The number of rotatable bonds is 9. The Hall–Kier alpha value is -3.21. The fraction of sp³-hybridized carbons (Fsp3) is 0.179. The van der Waals surface area contributed by atoms with Gasteiger partial charge in [0.2, 0.25) is 0 Å². The number of carbonyl (C=O) groups excluding carboxylic acids is 1. The molecule has 32 heavy (non-hydrogen) atoms. The van der Waals surface area contributed by atoms with Gasteiger partial charge in [-0.3, -0.25) is 4.90 Å². The van der Waals surface area contributed by atoms with Crippen molar-refractivity contribution in [3.63, 3.8) is 0 Å². The predicted molar refractivity (Wildman–Crippen MR) is 130 cm³/mol. The van der Waals surface area contributed by atoms with Crippen LogP contribution in [0, 0.1) is 0 Å². The van der Waals surface area contributed by atoms with E-state index in [9.17, 15) is 4.79 Å². The lowest BCUT2D eigenvalue weighted by Crippen LogP contribution is -2.52. The van der Waals surface area contributed by atoms with Crippen LogP contribution in [0.5, 0.6) is 0 Å². The third-order valence-electron chi connectivity index (χ3n) is 5.55. The Morgan fingerprint density at radius 1 is 0.781 bits per heavy atom. The molecule has 0 bridgehead atoms. The predicted octanol–water partition coefficient (Wildman–Crippen LogP) is 6.26. The van der Waals surface area contributed by atoms with Crippen molar-refractivity contribution in [3.05, 3.63) is 130 Å². The molecule has 0 aliphatic heterocycles. The minimum absolute atomic E-state index is 0.250. The van der Waals surface area contributed by atoms with Crippen LogP contribution in [-0.2, 0) is 28.2 Å². The summed E-state index contributed by atoms with van der Waals surface area (Å²) in [5, 5.41) is 2.02. The Labute approximate surface area is 193 Å². The van der Waals surface area contributed by atoms with Gasteiger partial charge in [0.25, 0.3) is 0 Å². The molecule has 1 heterocycles. The van der Waals surface area contributed by atoms with Gasteiger partial charge in [0.15, 0.2) is 5.54 Å². The molecule has 0 saturated heterocycles. The van der Waals surface area contributed by atoms with E-state index in [1.807, 2.05) is 91.2 Å². The first-order valence-electron chi connectivity index (χ1n) is 10.8. The summed E-state index contributed by atoms with van der Waals surface area (Å²) in [6.07, 6.45) is 0. The molecule has 0 saturated carbocycles. The Morgan fingerprint density at radius 2 is 1.31 bits per heavy atom. The smallest absolute Gasteiger partial charge is 0.336 e. The number of hydrogen-bond acceptors (Lipinski definition) is 4. The Kier molecular flexibility index (Phi) is 7.15. The van der Waals surface area contributed by atoms with Gasteiger partial charge in [0, 0.05) is 18.0 Å². The normalized spacial score (nSPS) is 12.9. The van der Waals surface area contributed by atoms with Gasteiger partial charge in [-0.15, -0.1) is 11.3 Å². The number of hydrogen-bond donors (Lipinski definition) is 0. The van der Waals surface area contributed by atoms with Crippen LogP contribution in [0.15, 0.2) is 109 Å². The van der Waals surface area contributed by atoms with Crippen LogP contribution in [0.25, 0.3) is 0 Å². The summed E-state index contributed by atoms with van der Waals surface area (Å²) < 4.78 is 5.77. The molecule has 162 valence electrons. The van der Waals surface area contributed by atoms with Gasteiger partial charge in [-0.2, -0.15) is 0 Å². The van der Waals surface area contributed by atoms with Crippen molar-refractivity contribution < 1.29 is 9.53 Å². The van der Waals surface area contributed by atoms with Crippen molar-refractivity contribution in [1.82, 2.24) is 4.90 Å². The van der Waals surface area contributed by atoms with Gasteiger partial charge >= 0.3 is 5.97 Å². The summed E-state index contributed by atoms with van der Waals surface area (Å²) >= 11 is 1.59. The molecule has 4 aromatic rings. The van der Waals surface area contributed by atoms with Crippen LogP contribution in [0.3, 0.4) is 0 Å². The van der Waals surface area contributed by atoms with Crippen molar-refractivity contribution in [2.24, 2.45) is 0 Å². The average molecular weight is 442 g/mol. The van der Waals surface area contributed by atoms with Gasteiger partial charge in [-0.05, 0) is 35.1 Å². The van der Waals surface area contributed by atoms with E-state index in [0.717, 1.165) is 21.6 Å². The molecule has 3 aromatic carbocycles. The van der Waals surface area contributed by atoms with E-state index in [-0.39, 0.29) is 5.97 Å². The van der Waals surface area contributed by atoms with Crippen molar-refractivity contribution >= 4 is 17.3 Å². The van der Waals surface area contributed by atoms with E-state index in [1.165, 1.54) is 0 Å². The third kappa shape index (κ3) is 4.52. The molecule has 0 spiro atoms. The summed E-state index contributed by atoms with van der Waals surface area (Å²) in [6.45, 7) is 3.38. The molecule has 3 nitrogen and oxygen atoms in total. The minimum atomic E-state index is -1.06. The van der Waals surface area contributed by atoms with Crippen LogP contribution < -0.4 is 0 Å². The zero-order valence-electron chi connectivity index (χ0n) is 18.2. The number of ether oxygens (including phenoxy) is 1. The second-order valence-electron chi connectivity index (χ2n) is 7.60. The largest absolute Gasteiger partial charge is 0.464 e. The maximum atomic E-state index is 13.9. The fourth-order valence-corrected chi connectivity index (χ4v) is 5.09. The first kappa shape index (κ1) is 22.0. The lowest BCUT2D eigenvalue weighted by atomic mass is 9.85. The van der Waals surface area contributed by atoms with Crippen molar-refractivity contribution in [2.45, 2.75) is 25.6 Å². The van der Waals surface area contributed by atoms with Crippen molar-refractivity contribution in [2.75, 3.05) is 6.61 Å². The number of benzene rings is 3. The molecule has 4 rings (SSSR count). The lowest BCUT2D eigenvalue weighted by Gasteiger charge is -2.42. The van der Waals surface area contributed by atoms with Crippen LogP contribution >= 0.6 is 11.3 Å². The van der Waals surface area contributed by atoms with Gasteiger partial charge in [-0.1, -0.05) is 97.1 Å². The second-order valence-corrected chi connectivity index (χ2v) is 8.55. The van der Waals surface area contributed by atoms with Crippen LogP contribution in [0.2, 0.25) is 0 Å². The zero-order chi connectivity index (χ0) is 22.2. The number of carbonyl (C=O) groups is 1. The molecule has 0 fully saturated rings. The minimum Gasteiger partial charge on any atom is -0.464 e. The van der Waals surface area contributed by atoms with Gasteiger partial charge in [0.05, 0.1) is 6.61 Å². The fourth-order valence-electron chi connectivity index (χ4n) is 4.13. The summed E-state index contributed by atoms with van der Waals surface area (Å²) in [7, 11) is 0. The monoisotopic (exact) mass is 441 g/mol. The summed E-state index contributed by atoms with van der Waals surface area (Å²) in [4.78, 5) is 17.1. The molecule has 0 aliphatic carbocycles. The van der Waals surface area contributed by atoms with Crippen LogP contribution in [0.1, 0.15) is 28.5 Å². The average Bonchev–Trinajstić information content (AvgIpc) is 3.37. The second kappa shape index (κ2) is 10.4. The summed E-state index contributed by atoms with van der Waals surface area (Å²) in [5.41, 5.74) is 2.14. The maximum Gasteiger partial charge on any atom is 0.336 e. The standard InChI is InChI=1S/C28H27NO2S/c1-2-31-27(30)28(26-19-12-20-32-26,25-17-10-5-11-18-25)29(21-23-13-6-3-7-14-23)22-24-15-8-4-9-16-24/h3-20H,2,21-22H2,1H3. The molecule has 0 amide bonds. The molecule has 0 aliphatic rings. The van der Waals surface area contributed by atoms with E-state index in [4.69, 9.17) is 4.74 Å². The Bertz CT molecular complexity index is 1060. The Balaban J connectivity index is 1.93. The summed E-state index contributed by atoms with van der Waals surface area (Å²) in [5.74, 6) is -0.250. The van der Waals surface area contributed by atoms with E-state index >= 15 is 0 Å². The van der Waals surface area contributed by atoms with Crippen LogP contribution in [-0.4, -0.2) is 17.5 Å². The molecule has 1 unspecified atom stereocenters. The van der Waals surface area contributed by atoms with E-state index in [1.54, 1.807) is 11.3 Å². The molecule has 1 atom stereocenters. The highest BCUT2D eigenvalue weighted by molar-refractivity contribution is 7.10. The molecule has 0 radical (unpaired) electrons. The zero-order valence-corrected chi connectivity index (χ0v) is 19.0. The van der Waals surface area contributed by atoms with E-state index in [2.05, 4.69) is 29.2 Å². The van der Waals surface area contributed by atoms with E-state index < -0.39 is 5.54 Å². The van der Waals surface area contributed by atoms with Gasteiger partial charge in [-0.25, -0.2) is 4.79 Å². The first-order chi connectivity index (χ1) is 15.7. The van der Waals surface area contributed by atoms with Crippen molar-refractivity contribution in [1.29, 1.82) is 0 Å². The SMILES string of the molecule is CCOC(=O)C(c1ccccc1)(c1cccs1)N(Cc1ccccc1)Cc1ccccc1. The lowest BCUT2D eigenvalue weighted by molar-refractivity contribution is -0.156. The highest BCUT2D eigenvalue weighted by atomic mass is 32.1. The number of esters is 1. The maximum absolute atomic E-state index is 13.9. The third-order valence-corrected chi connectivity index (χ3v) is 6.53. The summed E-state index contributed by atoms with van der Waals surface area (Å²) in [6, 6.07) is 34.6. The quantitative estimate of drug-likeness (QED) is 0.287. The number of nitrogens with zero attached hydrogens (tertiary/aromatic N) is 1. The molecule has 0 N–H and O–H groups in total. The Morgan fingerprint density at radius 3 is 1.78 bits per heavy atom.